The molecule has 1 unspecified atom stereocenters. The average Bonchev–Trinajstić information content (AvgIpc) is 1.97. The molecule has 0 saturated carbocycles. The van der Waals surface area contributed by atoms with Gasteiger partial charge in [-0.05, 0) is 6.42 Å². The highest BCUT2D eigenvalue weighted by molar-refractivity contribution is 7.87. The Hall–Kier alpha value is -0.830. The molecule has 0 spiro atoms. The zero-order chi connectivity index (χ0) is 11.6. The van der Waals surface area contributed by atoms with Gasteiger partial charge in [0, 0.05) is 0 Å². The zero-order valence-electron chi connectivity index (χ0n) is 6.87. The Balaban J connectivity index is 4.75. The SMILES string of the molecule is CCC(OS(=O)(=O)C(F)(F)F)C(=O)[O-]. The number of carbonyl (C=O) groups excluding carboxylic acids is 1. The van der Waals surface area contributed by atoms with Crippen molar-refractivity contribution in [1.29, 1.82) is 0 Å². The van der Waals surface area contributed by atoms with E-state index in [4.69, 9.17) is 0 Å². The monoisotopic (exact) mass is 235 g/mol. The van der Waals surface area contributed by atoms with Crippen LogP contribution in [-0.4, -0.2) is 26.0 Å². The molecule has 0 saturated heterocycles. The third-order valence-corrected chi connectivity index (χ3v) is 2.21. The predicted octanol–water partition coefficient (Wildman–Crippen LogP) is -0.619. The maximum atomic E-state index is 11.7. The van der Waals surface area contributed by atoms with E-state index >= 15 is 0 Å². The number of carboxylic acids is 1. The van der Waals surface area contributed by atoms with Gasteiger partial charge in [0.15, 0.2) is 0 Å². The molecule has 9 heteroatoms. The normalized spacial score (nSPS) is 15.1. The van der Waals surface area contributed by atoms with Crippen molar-refractivity contribution < 1.29 is 35.7 Å². The van der Waals surface area contributed by atoms with E-state index in [1.807, 2.05) is 0 Å². The van der Waals surface area contributed by atoms with Crippen molar-refractivity contribution in [3.63, 3.8) is 0 Å². The fourth-order valence-electron chi connectivity index (χ4n) is 0.481. The first-order valence-electron chi connectivity index (χ1n) is 3.32. The van der Waals surface area contributed by atoms with E-state index < -0.39 is 34.1 Å². The topological polar surface area (TPSA) is 83.5 Å². The molecule has 14 heavy (non-hydrogen) atoms. The highest BCUT2D eigenvalue weighted by atomic mass is 32.2. The second-order valence-electron chi connectivity index (χ2n) is 2.21. The molecule has 0 amide bonds. The van der Waals surface area contributed by atoms with Gasteiger partial charge in [-0.3, -0.25) is 4.18 Å². The first kappa shape index (κ1) is 13.2. The van der Waals surface area contributed by atoms with Crippen molar-refractivity contribution in [2.45, 2.75) is 25.0 Å². The summed E-state index contributed by atoms with van der Waals surface area (Å²) >= 11 is 0. The molecule has 0 bridgehead atoms. The number of carbonyl (C=O) groups is 1. The fourth-order valence-corrected chi connectivity index (χ4v) is 1.11. The van der Waals surface area contributed by atoms with Crippen molar-refractivity contribution in [2.24, 2.45) is 0 Å². The van der Waals surface area contributed by atoms with Crippen LogP contribution in [0.1, 0.15) is 13.3 Å². The minimum atomic E-state index is -5.87. The van der Waals surface area contributed by atoms with Gasteiger partial charge < -0.3 is 9.90 Å². The number of rotatable bonds is 4. The minimum Gasteiger partial charge on any atom is -0.547 e. The van der Waals surface area contributed by atoms with Gasteiger partial charge in [0.2, 0.25) is 0 Å². The summed E-state index contributed by atoms with van der Waals surface area (Å²) in [5.41, 5.74) is -5.63. The molecule has 0 N–H and O–H groups in total. The van der Waals surface area contributed by atoms with Crippen LogP contribution in [0.25, 0.3) is 0 Å². The molecule has 0 aliphatic heterocycles. The molecule has 84 valence electrons. The summed E-state index contributed by atoms with van der Waals surface area (Å²) in [6, 6.07) is 0. The van der Waals surface area contributed by atoms with Crippen LogP contribution in [0.3, 0.4) is 0 Å². The molecule has 0 aromatic heterocycles. The second kappa shape index (κ2) is 4.13. The molecular weight excluding hydrogens is 229 g/mol. The van der Waals surface area contributed by atoms with Crippen molar-refractivity contribution in [2.75, 3.05) is 0 Å². The number of carboxylic acid groups (broad SMARTS) is 1. The molecule has 0 fully saturated rings. The smallest absolute Gasteiger partial charge is 0.523 e. The summed E-state index contributed by atoms with van der Waals surface area (Å²) in [4.78, 5) is 10.1. The van der Waals surface area contributed by atoms with E-state index in [-0.39, 0.29) is 0 Å². The standard InChI is InChI=1S/C5H7F3O5S/c1-2-3(4(9)10)13-14(11,12)5(6,7)8/h3H,2H2,1H3,(H,9,10)/p-1. The molecule has 0 radical (unpaired) electrons. The van der Waals surface area contributed by atoms with Gasteiger partial charge in [-0.25, -0.2) is 0 Å². The molecule has 0 aliphatic carbocycles. The summed E-state index contributed by atoms with van der Waals surface area (Å²) in [5, 5.41) is 10.1. The van der Waals surface area contributed by atoms with Gasteiger partial charge in [-0.15, -0.1) is 0 Å². The second-order valence-corrected chi connectivity index (χ2v) is 3.78. The van der Waals surface area contributed by atoms with Crippen molar-refractivity contribution in [3.05, 3.63) is 0 Å². The quantitative estimate of drug-likeness (QED) is 0.479. The lowest BCUT2D eigenvalue weighted by atomic mass is 10.3. The molecule has 0 aromatic carbocycles. The lowest BCUT2D eigenvalue weighted by Crippen LogP contribution is -2.41. The number of aliphatic carboxylic acids is 1. The van der Waals surface area contributed by atoms with E-state index in [1.165, 1.54) is 0 Å². The van der Waals surface area contributed by atoms with Crippen molar-refractivity contribution >= 4 is 16.1 Å². The van der Waals surface area contributed by atoms with Crippen LogP contribution in [-0.2, 0) is 19.1 Å². The molecule has 0 aromatic rings. The average molecular weight is 235 g/mol. The van der Waals surface area contributed by atoms with E-state index in [0.717, 1.165) is 6.92 Å². The maximum Gasteiger partial charge on any atom is 0.523 e. The van der Waals surface area contributed by atoms with Crippen LogP contribution in [0.4, 0.5) is 13.2 Å². The summed E-state index contributed by atoms with van der Waals surface area (Å²) in [6.45, 7) is 1.15. The van der Waals surface area contributed by atoms with Crippen LogP contribution in [0.5, 0.6) is 0 Å². The molecule has 0 rings (SSSR count). The molecular formula is C5H6F3O5S-. The van der Waals surface area contributed by atoms with Crippen LogP contribution in [0, 0.1) is 0 Å². The number of hydrogen-bond acceptors (Lipinski definition) is 5. The number of hydrogen-bond donors (Lipinski definition) is 0. The Bertz CT molecular complexity index is 306. The van der Waals surface area contributed by atoms with Crippen LogP contribution < -0.4 is 5.11 Å². The fraction of sp³-hybridized carbons (Fsp3) is 0.800. The lowest BCUT2D eigenvalue weighted by Gasteiger charge is -2.17. The number of alkyl halides is 3. The zero-order valence-corrected chi connectivity index (χ0v) is 7.68. The Labute approximate surface area is 77.6 Å². The Morgan fingerprint density at radius 1 is 1.50 bits per heavy atom. The molecule has 1 atom stereocenters. The third kappa shape index (κ3) is 3.14. The van der Waals surface area contributed by atoms with E-state index in [0.29, 0.717) is 0 Å². The summed E-state index contributed by atoms with van der Waals surface area (Å²) in [7, 11) is -5.87. The van der Waals surface area contributed by atoms with Crippen molar-refractivity contribution in [3.8, 4) is 0 Å². The third-order valence-electron chi connectivity index (χ3n) is 1.16. The molecule has 0 aliphatic rings. The van der Waals surface area contributed by atoms with E-state index in [2.05, 4.69) is 4.18 Å². The van der Waals surface area contributed by atoms with E-state index in [1.54, 1.807) is 0 Å². The van der Waals surface area contributed by atoms with Crippen LogP contribution in [0.15, 0.2) is 0 Å². The van der Waals surface area contributed by atoms with Crippen LogP contribution >= 0.6 is 0 Å². The molecule has 0 heterocycles. The first-order valence-corrected chi connectivity index (χ1v) is 4.73. The van der Waals surface area contributed by atoms with Crippen LogP contribution in [0.2, 0.25) is 0 Å². The Kier molecular flexibility index (Phi) is 3.89. The van der Waals surface area contributed by atoms with Gasteiger partial charge in [-0.2, -0.15) is 21.6 Å². The summed E-state index contributed by atoms with van der Waals surface area (Å²) in [5.74, 6) is -2.01. The van der Waals surface area contributed by atoms with Gasteiger partial charge in [0.1, 0.15) is 6.10 Å². The molecule has 5 nitrogen and oxygen atoms in total. The van der Waals surface area contributed by atoms with Gasteiger partial charge in [0.05, 0.1) is 5.97 Å². The summed E-state index contributed by atoms with van der Waals surface area (Å²) in [6.07, 6.45) is -2.57. The minimum absolute atomic E-state index is 0.447. The Morgan fingerprint density at radius 2 is 1.93 bits per heavy atom. The largest absolute Gasteiger partial charge is 0.547 e. The highest BCUT2D eigenvalue weighted by Gasteiger charge is 2.48. The highest BCUT2D eigenvalue weighted by Crippen LogP contribution is 2.25. The first-order chi connectivity index (χ1) is 6.12. The predicted molar refractivity (Wildman–Crippen MR) is 35.1 cm³/mol. The lowest BCUT2D eigenvalue weighted by molar-refractivity contribution is -0.313. The van der Waals surface area contributed by atoms with E-state index in [9.17, 15) is 31.5 Å². The van der Waals surface area contributed by atoms with Gasteiger partial charge in [-0.1, -0.05) is 6.92 Å². The number of halogens is 3. The maximum absolute atomic E-state index is 11.7. The van der Waals surface area contributed by atoms with Gasteiger partial charge in [0.25, 0.3) is 0 Å². The van der Waals surface area contributed by atoms with Gasteiger partial charge >= 0.3 is 15.6 Å². The van der Waals surface area contributed by atoms with Crippen molar-refractivity contribution in [1.82, 2.24) is 0 Å². The summed E-state index contributed by atoms with van der Waals surface area (Å²) < 4.78 is 59.0. The Morgan fingerprint density at radius 3 is 2.14 bits per heavy atom.